The Labute approximate surface area is 75.9 Å². The predicted molar refractivity (Wildman–Crippen MR) is 48.0 cm³/mol. The third-order valence-electron chi connectivity index (χ3n) is 2.51. The van der Waals surface area contributed by atoms with Crippen LogP contribution in [0.25, 0.3) is 0 Å². The van der Waals surface area contributed by atoms with Gasteiger partial charge in [0.05, 0.1) is 16.5 Å². The number of nitriles is 1. The highest BCUT2D eigenvalue weighted by Gasteiger charge is 2.40. The first-order valence-electron chi connectivity index (χ1n) is 4.11. The Bertz CT molecular complexity index is 331. The van der Waals surface area contributed by atoms with Gasteiger partial charge in [-0.3, -0.25) is 0 Å². The summed E-state index contributed by atoms with van der Waals surface area (Å²) in [4.78, 5) is 5.34. The Balaban J connectivity index is 2.35. The van der Waals surface area contributed by atoms with Gasteiger partial charge in [0, 0.05) is 11.1 Å². The fourth-order valence-corrected chi connectivity index (χ4v) is 2.50. The Morgan fingerprint density at radius 2 is 2.42 bits per heavy atom. The van der Waals surface area contributed by atoms with Gasteiger partial charge >= 0.3 is 0 Å². The molecule has 1 aromatic rings. The molecule has 0 spiro atoms. The molecule has 1 aromatic heterocycles. The zero-order valence-corrected chi connectivity index (χ0v) is 7.82. The lowest BCUT2D eigenvalue weighted by molar-refractivity contribution is 0.329. The van der Waals surface area contributed by atoms with Crippen LogP contribution in [0.2, 0.25) is 0 Å². The van der Waals surface area contributed by atoms with Crippen molar-refractivity contribution in [2.75, 3.05) is 0 Å². The van der Waals surface area contributed by atoms with Gasteiger partial charge in [0.1, 0.15) is 0 Å². The van der Waals surface area contributed by atoms with E-state index in [1.807, 2.05) is 13.1 Å². The lowest BCUT2D eigenvalue weighted by atomic mass is 9.69. The van der Waals surface area contributed by atoms with Crippen molar-refractivity contribution in [2.45, 2.75) is 31.6 Å². The minimum atomic E-state index is -0.161. The van der Waals surface area contributed by atoms with Crippen molar-refractivity contribution in [3.05, 3.63) is 16.1 Å². The fourth-order valence-electron chi connectivity index (χ4n) is 1.53. The van der Waals surface area contributed by atoms with Gasteiger partial charge in [-0.1, -0.05) is 0 Å². The van der Waals surface area contributed by atoms with E-state index in [4.69, 9.17) is 5.26 Å². The first-order chi connectivity index (χ1) is 5.77. The van der Waals surface area contributed by atoms with E-state index in [1.165, 1.54) is 6.42 Å². The summed E-state index contributed by atoms with van der Waals surface area (Å²) < 4.78 is 0. The van der Waals surface area contributed by atoms with E-state index in [0.29, 0.717) is 0 Å². The van der Waals surface area contributed by atoms with Crippen LogP contribution in [0.3, 0.4) is 0 Å². The molecule has 0 saturated heterocycles. The highest BCUT2D eigenvalue weighted by atomic mass is 32.1. The molecule has 0 bridgehead atoms. The number of hydrogen-bond acceptors (Lipinski definition) is 3. The maximum absolute atomic E-state index is 9.03. The summed E-state index contributed by atoms with van der Waals surface area (Å²) in [5.74, 6) is 0. The summed E-state index contributed by atoms with van der Waals surface area (Å²) in [6.07, 6.45) is 5.09. The summed E-state index contributed by atoms with van der Waals surface area (Å²) in [7, 11) is 0. The number of rotatable bonds is 1. The van der Waals surface area contributed by atoms with Crippen molar-refractivity contribution in [3.8, 4) is 6.07 Å². The van der Waals surface area contributed by atoms with Gasteiger partial charge in [0.15, 0.2) is 0 Å². The minimum Gasteiger partial charge on any atom is -0.250 e. The van der Waals surface area contributed by atoms with Crippen molar-refractivity contribution in [2.24, 2.45) is 0 Å². The second kappa shape index (κ2) is 2.56. The van der Waals surface area contributed by atoms with Crippen LogP contribution >= 0.6 is 11.3 Å². The highest BCUT2D eigenvalue weighted by molar-refractivity contribution is 7.11. The van der Waals surface area contributed by atoms with E-state index in [2.05, 4.69) is 11.1 Å². The fraction of sp³-hybridized carbons (Fsp3) is 0.556. The van der Waals surface area contributed by atoms with Gasteiger partial charge < -0.3 is 0 Å². The largest absolute Gasteiger partial charge is 0.250 e. The maximum atomic E-state index is 9.03. The Morgan fingerprint density at radius 1 is 1.67 bits per heavy atom. The molecule has 1 heterocycles. The Morgan fingerprint density at radius 3 is 2.75 bits per heavy atom. The normalized spacial score (nSPS) is 19.7. The first kappa shape index (κ1) is 7.75. The van der Waals surface area contributed by atoms with Crippen molar-refractivity contribution in [3.63, 3.8) is 0 Å². The van der Waals surface area contributed by atoms with Gasteiger partial charge in [-0.05, 0) is 26.2 Å². The molecule has 0 amide bonds. The van der Waals surface area contributed by atoms with E-state index in [-0.39, 0.29) is 5.41 Å². The van der Waals surface area contributed by atoms with Crippen molar-refractivity contribution < 1.29 is 0 Å². The number of thiazole rings is 1. The second-order valence-corrected chi connectivity index (χ2v) is 4.53. The van der Waals surface area contributed by atoms with Crippen LogP contribution in [0.5, 0.6) is 0 Å². The molecule has 0 atom stereocenters. The molecule has 1 fully saturated rings. The van der Waals surface area contributed by atoms with Crippen molar-refractivity contribution >= 4 is 11.3 Å². The van der Waals surface area contributed by atoms with Gasteiger partial charge in [-0.25, -0.2) is 4.98 Å². The maximum Gasteiger partial charge on any atom is 0.0930 e. The molecule has 1 aliphatic rings. The molecule has 1 saturated carbocycles. The number of aryl methyl sites for hydroxylation is 1. The van der Waals surface area contributed by atoms with Crippen LogP contribution in [0.4, 0.5) is 0 Å². The second-order valence-electron chi connectivity index (χ2n) is 3.29. The van der Waals surface area contributed by atoms with Crippen LogP contribution in [-0.4, -0.2) is 4.98 Å². The third-order valence-corrected chi connectivity index (χ3v) is 3.63. The van der Waals surface area contributed by atoms with Crippen LogP contribution in [0.15, 0.2) is 6.20 Å². The molecular formula is C9H10N2S. The van der Waals surface area contributed by atoms with Crippen LogP contribution in [0, 0.1) is 18.3 Å². The Kier molecular flexibility index (Phi) is 1.66. The molecule has 12 heavy (non-hydrogen) atoms. The van der Waals surface area contributed by atoms with Crippen LogP contribution in [0.1, 0.15) is 29.1 Å². The molecule has 62 valence electrons. The van der Waals surface area contributed by atoms with Gasteiger partial charge in [-0.15, -0.1) is 11.3 Å². The monoisotopic (exact) mass is 178 g/mol. The first-order valence-corrected chi connectivity index (χ1v) is 4.93. The Hall–Kier alpha value is -0.880. The minimum absolute atomic E-state index is 0.161. The smallest absolute Gasteiger partial charge is 0.0930 e. The highest BCUT2D eigenvalue weighted by Crippen LogP contribution is 2.44. The van der Waals surface area contributed by atoms with Crippen molar-refractivity contribution in [1.82, 2.24) is 4.98 Å². The zero-order valence-electron chi connectivity index (χ0n) is 7.00. The molecule has 2 rings (SSSR count). The standard InChI is InChI=1S/C9H10N2S/c1-7-11-5-8(12-7)9(6-10)3-2-4-9/h5H,2-4H2,1H3. The average Bonchev–Trinajstić information content (AvgIpc) is 2.35. The summed E-state index contributed by atoms with van der Waals surface area (Å²) in [6, 6.07) is 2.41. The molecular weight excluding hydrogens is 168 g/mol. The average molecular weight is 178 g/mol. The van der Waals surface area contributed by atoms with Crippen LogP contribution in [-0.2, 0) is 5.41 Å². The van der Waals surface area contributed by atoms with Gasteiger partial charge in [0.2, 0.25) is 0 Å². The molecule has 0 aromatic carbocycles. The summed E-state index contributed by atoms with van der Waals surface area (Å²) in [6.45, 7) is 1.98. The topological polar surface area (TPSA) is 36.7 Å². The predicted octanol–water partition coefficient (Wildman–Crippen LogP) is 2.40. The van der Waals surface area contributed by atoms with E-state index in [1.54, 1.807) is 11.3 Å². The molecule has 2 nitrogen and oxygen atoms in total. The van der Waals surface area contributed by atoms with Crippen molar-refractivity contribution in [1.29, 1.82) is 5.26 Å². The molecule has 0 aliphatic heterocycles. The summed E-state index contributed by atoms with van der Waals surface area (Å²) in [5.41, 5.74) is -0.161. The lowest BCUT2D eigenvalue weighted by Crippen LogP contribution is -2.31. The zero-order chi connectivity index (χ0) is 8.60. The third kappa shape index (κ3) is 0.953. The number of aromatic nitrogens is 1. The summed E-state index contributed by atoms with van der Waals surface area (Å²) >= 11 is 1.66. The lowest BCUT2D eigenvalue weighted by Gasteiger charge is -2.33. The van der Waals surface area contributed by atoms with E-state index in [9.17, 15) is 0 Å². The quantitative estimate of drug-likeness (QED) is 0.662. The number of nitrogens with zero attached hydrogens (tertiary/aromatic N) is 2. The molecule has 0 radical (unpaired) electrons. The van der Waals surface area contributed by atoms with Gasteiger partial charge in [0.25, 0.3) is 0 Å². The number of hydrogen-bond donors (Lipinski definition) is 0. The van der Waals surface area contributed by atoms with E-state index in [0.717, 1.165) is 22.7 Å². The molecule has 0 N–H and O–H groups in total. The van der Waals surface area contributed by atoms with E-state index >= 15 is 0 Å². The van der Waals surface area contributed by atoms with Gasteiger partial charge in [-0.2, -0.15) is 5.26 Å². The molecule has 1 aliphatic carbocycles. The van der Waals surface area contributed by atoms with Crippen LogP contribution < -0.4 is 0 Å². The summed E-state index contributed by atoms with van der Waals surface area (Å²) in [5, 5.41) is 10.1. The molecule has 0 unspecified atom stereocenters. The van der Waals surface area contributed by atoms with E-state index < -0.39 is 0 Å². The SMILES string of the molecule is Cc1ncc(C2(C#N)CCC2)s1. The molecule has 3 heteroatoms.